The number of carbonyl (C=O) groups excluding carboxylic acids is 1. The van der Waals surface area contributed by atoms with Gasteiger partial charge in [0.1, 0.15) is 17.4 Å². The number of rotatable bonds is 6. The number of carbonyl (C=O) groups is 1. The third-order valence-corrected chi connectivity index (χ3v) is 9.08. The van der Waals surface area contributed by atoms with Crippen molar-refractivity contribution in [3.8, 4) is 0 Å². The van der Waals surface area contributed by atoms with Crippen LogP contribution >= 0.6 is 22.9 Å². The summed E-state index contributed by atoms with van der Waals surface area (Å²) in [6.07, 6.45) is 2.53. The predicted molar refractivity (Wildman–Crippen MR) is 133 cm³/mol. The summed E-state index contributed by atoms with van der Waals surface area (Å²) in [4.78, 5) is 24.3. The van der Waals surface area contributed by atoms with Crippen LogP contribution < -0.4 is 4.90 Å². The molecule has 2 aromatic heterocycles. The highest BCUT2D eigenvalue weighted by Gasteiger charge is 2.42. The van der Waals surface area contributed by atoms with Gasteiger partial charge in [-0.05, 0) is 61.4 Å². The number of fused-ring (bicyclic) bond motifs is 1. The molecule has 4 aromatic rings. The summed E-state index contributed by atoms with van der Waals surface area (Å²) in [5.41, 5.74) is 1.22. The van der Waals surface area contributed by atoms with E-state index in [1.165, 1.54) is 32.7 Å². The average Bonchev–Trinajstić information content (AvgIpc) is 3.52. The largest absolute Gasteiger partial charge is 0.281 e. The number of nitrogens with zero attached hydrogens (tertiary/aromatic N) is 4. The molecule has 0 N–H and O–H groups in total. The minimum Gasteiger partial charge on any atom is -0.281 e. The van der Waals surface area contributed by atoms with Crippen molar-refractivity contribution in [1.82, 2.24) is 14.3 Å². The van der Waals surface area contributed by atoms with Crippen LogP contribution in [0.1, 0.15) is 18.5 Å². The number of thiazole rings is 1. The highest BCUT2D eigenvalue weighted by Crippen LogP contribution is 2.35. The molecule has 0 bridgehead atoms. The average molecular weight is 531 g/mol. The van der Waals surface area contributed by atoms with Crippen molar-refractivity contribution in [1.29, 1.82) is 0 Å². The topological polar surface area (TPSA) is 83.5 Å². The Morgan fingerprint density at radius 1 is 1.14 bits per heavy atom. The van der Waals surface area contributed by atoms with Crippen LogP contribution in [0.25, 0.3) is 10.2 Å². The first kappa shape index (κ1) is 23.8. The van der Waals surface area contributed by atoms with Crippen LogP contribution in [0.15, 0.2) is 71.8 Å². The number of hydrogen-bond acceptors (Lipinski definition) is 6. The Balaban J connectivity index is 1.53. The second-order valence-corrected chi connectivity index (χ2v) is 11.4. The summed E-state index contributed by atoms with van der Waals surface area (Å²) in [6, 6.07) is 14.5. The van der Waals surface area contributed by atoms with E-state index in [2.05, 4.69) is 9.97 Å². The van der Waals surface area contributed by atoms with E-state index in [1.54, 1.807) is 24.4 Å². The van der Waals surface area contributed by atoms with Crippen molar-refractivity contribution >= 4 is 54.2 Å². The molecule has 1 unspecified atom stereocenters. The zero-order valence-electron chi connectivity index (χ0n) is 18.3. The van der Waals surface area contributed by atoms with Crippen molar-refractivity contribution in [2.24, 2.45) is 0 Å². The van der Waals surface area contributed by atoms with E-state index < -0.39 is 27.8 Å². The molecule has 5 rings (SSSR count). The Labute approximate surface area is 210 Å². The summed E-state index contributed by atoms with van der Waals surface area (Å²) >= 11 is 7.62. The summed E-state index contributed by atoms with van der Waals surface area (Å²) in [6.45, 7) is 0.317. The molecule has 2 aromatic carbocycles. The molecule has 180 valence electrons. The molecule has 0 aliphatic carbocycles. The number of para-hydroxylation sites is 1. The Kier molecular flexibility index (Phi) is 6.54. The molecule has 1 atom stereocenters. The Morgan fingerprint density at radius 2 is 1.94 bits per heavy atom. The molecule has 35 heavy (non-hydrogen) atoms. The standard InChI is InChI=1S/C24H20ClFN4O3S2/c25-19-6-3-8-21-22(19)28-24(34-21)29(15-17-5-1-2-13-27-17)23(31)20-7-4-14-30(20)35(32,33)18-11-9-16(26)10-12-18/h1-3,5-6,8-13,20H,4,7,14-15H2. The van der Waals surface area contributed by atoms with Gasteiger partial charge in [-0.25, -0.2) is 17.8 Å². The van der Waals surface area contributed by atoms with Gasteiger partial charge in [-0.1, -0.05) is 35.1 Å². The lowest BCUT2D eigenvalue weighted by Crippen LogP contribution is -2.47. The molecule has 0 saturated carbocycles. The van der Waals surface area contributed by atoms with Gasteiger partial charge < -0.3 is 0 Å². The van der Waals surface area contributed by atoms with E-state index in [9.17, 15) is 17.6 Å². The lowest BCUT2D eigenvalue weighted by atomic mass is 10.2. The summed E-state index contributed by atoms with van der Waals surface area (Å²) < 4.78 is 42.1. The highest BCUT2D eigenvalue weighted by molar-refractivity contribution is 7.89. The van der Waals surface area contributed by atoms with Crippen molar-refractivity contribution in [2.45, 2.75) is 30.3 Å². The van der Waals surface area contributed by atoms with Crippen LogP contribution in [0.4, 0.5) is 9.52 Å². The fourth-order valence-electron chi connectivity index (χ4n) is 4.11. The number of benzene rings is 2. The van der Waals surface area contributed by atoms with Gasteiger partial charge in [0, 0.05) is 12.7 Å². The number of halogens is 2. The van der Waals surface area contributed by atoms with Crippen molar-refractivity contribution in [3.63, 3.8) is 0 Å². The second-order valence-electron chi connectivity index (χ2n) is 8.06. The van der Waals surface area contributed by atoms with Crippen LogP contribution in [0.3, 0.4) is 0 Å². The maximum Gasteiger partial charge on any atom is 0.247 e. The summed E-state index contributed by atoms with van der Waals surface area (Å²) in [5, 5.41) is 0.881. The molecule has 1 fully saturated rings. The number of hydrogen-bond donors (Lipinski definition) is 0. The van der Waals surface area contributed by atoms with E-state index in [1.807, 2.05) is 18.2 Å². The zero-order valence-corrected chi connectivity index (χ0v) is 20.7. The summed E-state index contributed by atoms with van der Waals surface area (Å²) in [5.74, 6) is -0.928. The van der Waals surface area contributed by atoms with Gasteiger partial charge in [-0.15, -0.1) is 0 Å². The molecule has 0 spiro atoms. The minimum absolute atomic E-state index is 0.0540. The lowest BCUT2D eigenvalue weighted by Gasteiger charge is -2.28. The van der Waals surface area contributed by atoms with Crippen LogP contribution in [0, 0.1) is 5.82 Å². The molecule has 0 radical (unpaired) electrons. The van der Waals surface area contributed by atoms with Crippen LogP contribution in [0.2, 0.25) is 5.02 Å². The normalized spacial score (nSPS) is 16.6. The van der Waals surface area contributed by atoms with Crippen LogP contribution in [-0.4, -0.2) is 41.2 Å². The number of pyridine rings is 1. The predicted octanol–water partition coefficient (Wildman–Crippen LogP) is 4.87. The van der Waals surface area contributed by atoms with E-state index in [0.29, 0.717) is 34.2 Å². The molecule has 1 aliphatic rings. The van der Waals surface area contributed by atoms with Gasteiger partial charge in [-0.2, -0.15) is 4.31 Å². The van der Waals surface area contributed by atoms with Crippen LogP contribution in [-0.2, 0) is 21.4 Å². The molecule has 3 heterocycles. The molecular formula is C24H20ClFN4O3S2. The molecule has 11 heteroatoms. The molecule has 7 nitrogen and oxygen atoms in total. The molecule has 1 amide bonds. The van der Waals surface area contributed by atoms with Gasteiger partial charge in [0.15, 0.2) is 5.13 Å². The van der Waals surface area contributed by atoms with Gasteiger partial charge in [0.2, 0.25) is 15.9 Å². The van der Waals surface area contributed by atoms with Gasteiger partial charge in [0.05, 0.1) is 26.9 Å². The molecule has 1 saturated heterocycles. The van der Waals surface area contributed by atoms with E-state index >= 15 is 0 Å². The fraction of sp³-hybridized carbons (Fsp3) is 0.208. The first-order chi connectivity index (χ1) is 16.8. The third-order valence-electron chi connectivity index (χ3n) is 5.81. The third kappa shape index (κ3) is 4.66. The monoisotopic (exact) mass is 530 g/mol. The number of anilines is 1. The Morgan fingerprint density at radius 3 is 2.66 bits per heavy atom. The van der Waals surface area contributed by atoms with Gasteiger partial charge >= 0.3 is 0 Å². The van der Waals surface area contributed by atoms with Crippen molar-refractivity contribution in [2.75, 3.05) is 11.4 Å². The maximum atomic E-state index is 13.9. The Hall–Kier alpha value is -2.92. The summed E-state index contributed by atoms with van der Waals surface area (Å²) in [7, 11) is -4.00. The van der Waals surface area contributed by atoms with E-state index in [0.717, 1.165) is 16.8 Å². The minimum atomic E-state index is -4.00. The van der Waals surface area contributed by atoms with Crippen molar-refractivity contribution < 1.29 is 17.6 Å². The van der Waals surface area contributed by atoms with Crippen LogP contribution in [0.5, 0.6) is 0 Å². The first-order valence-electron chi connectivity index (χ1n) is 10.9. The van der Waals surface area contributed by atoms with E-state index in [-0.39, 0.29) is 18.0 Å². The zero-order chi connectivity index (χ0) is 24.6. The van der Waals surface area contributed by atoms with Crippen molar-refractivity contribution in [3.05, 3.63) is 83.4 Å². The maximum absolute atomic E-state index is 13.9. The smallest absolute Gasteiger partial charge is 0.247 e. The van der Waals surface area contributed by atoms with E-state index in [4.69, 9.17) is 11.6 Å². The van der Waals surface area contributed by atoms with Gasteiger partial charge in [0.25, 0.3) is 0 Å². The van der Waals surface area contributed by atoms with Gasteiger partial charge in [-0.3, -0.25) is 14.7 Å². The molecule has 1 aliphatic heterocycles. The quantitative estimate of drug-likeness (QED) is 0.355. The SMILES string of the molecule is O=C(C1CCCN1S(=O)(=O)c1ccc(F)cc1)N(Cc1ccccn1)c1nc2c(Cl)cccc2s1. The molecular weight excluding hydrogens is 511 g/mol. The number of sulfonamides is 1. The number of amides is 1. The number of aromatic nitrogens is 2. The lowest BCUT2D eigenvalue weighted by molar-refractivity contribution is -0.121. The first-order valence-corrected chi connectivity index (χ1v) is 13.5. The Bertz CT molecular complexity index is 1480. The fourth-order valence-corrected chi connectivity index (χ4v) is 7.03. The highest BCUT2D eigenvalue weighted by atomic mass is 35.5. The second kappa shape index (κ2) is 9.62.